The monoisotopic (exact) mass is 351 g/mol. The fraction of sp³-hybridized carbons (Fsp3) is 0.0556. The molecular weight excluding hydrogens is 342 g/mol. The molecule has 1 radical (unpaired) electrons. The Hall–Kier alpha value is -1.28. The largest absolute Gasteiger partial charge is 0.207 e. The second-order valence-corrected chi connectivity index (χ2v) is 7.19. The molecule has 0 fully saturated rings. The first-order valence-electron chi connectivity index (χ1n) is 6.65. The van der Waals surface area contributed by atoms with E-state index in [1.165, 1.54) is 12.1 Å². The molecule has 0 saturated heterocycles. The zero-order valence-corrected chi connectivity index (χ0v) is 13.6. The molecule has 4 heteroatoms. The van der Waals surface area contributed by atoms with Crippen molar-refractivity contribution in [3.05, 3.63) is 89.6 Å². The number of rotatable bonds is 2. The highest BCUT2D eigenvalue weighted by Gasteiger charge is 2.37. The van der Waals surface area contributed by atoms with Crippen molar-refractivity contribution in [3.8, 4) is 0 Å². The average molecular weight is 353 g/mol. The Bertz CT molecular complexity index is 786. The van der Waals surface area contributed by atoms with E-state index in [9.17, 15) is 4.39 Å². The first kappa shape index (κ1) is 15.6. The van der Waals surface area contributed by atoms with Crippen molar-refractivity contribution in [1.82, 2.24) is 0 Å². The van der Waals surface area contributed by atoms with Gasteiger partial charge in [-0.1, -0.05) is 89.4 Å². The molecule has 0 saturated carbocycles. The van der Waals surface area contributed by atoms with Crippen LogP contribution in [-0.4, -0.2) is 3.79 Å². The van der Waals surface area contributed by atoms with Gasteiger partial charge in [-0.2, -0.15) is 0 Å². The summed E-state index contributed by atoms with van der Waals surface area (Å²) in [6.45, 7) is 0. The van der Waals surface area contributed by atoms with Crippen LogP contribution in [0.5, 0.6) is 0 Å². The van der Waals surface area contributed by atoms with Crippen LogP contribution < -0.4 is 0 Å². The molecule has 0 atom stereocenters. The molecule has 0 heterocycles. The van der Waals surface area contributed by atoms with E-state index in [-0.39, 0.29) is 5.82 Å². The number of hydrogen-bond donors (Lipinski definition) is 0. The molecule has 0 amide bonds. The van der Waals surface area contributed by atoms with Gasteiger partial charge in [-0.25, -0.2) is 4.39 Å². The zero-order valence-electron chi connectivity index (χ0n) is 11.4. The molecule has 22 heavy (non-hydrogen) atoms. The molecular formula is C18H11Cl3F. The van der Waals surface area contributed by atoms with E-state index >= 15 is 0 Å². The number of alkyl halides is 3. The minimum absolute atomic E-state index is 0.328. The molecule has 3 aromatic rings. The van der Waals surface area contributed by atoms with Gasteiger partial charge in [0, 0.05) is 0 Å². The summed E-state index contributed by atoms with van der Waals surface area (Å²) in [5, 5.41) is 2.03. The summed E-state index contributed by atoms with van der Waals surface area (Å²) in [5.41, 5.74) is 1.50. The highest BCUT2D eigenvalue weighted by Crippen LogP contribution is 2.46. The molecule has 0 aromatic heterocycles. The van der Waals surface area contributed by atoms with E-state index in [4.69, 9.17) is 34.8 Å². The van der Waals surface area contributed by atoms with Crippen LogP contribution in [-0.2, 0) is 0 Å². The van der Waals surface area contributed by atoms with Gasteiger partial charge < -0.3 is 0 Å². The van der Waals surface area contributed by atoms with E-state index < -0.39 is 3.79 Å². The summed E-state index contributed by atoms with van der Waals surface area (Å²) in [6, 6.07) is 19.6. The maximum absolute atomic E-state index is 13.2. The Morgan fingerprint density at radius 3 is 2.09 bits per heavy atom. The zero-order chi connectivity index (χ0) is 15.7. The van der Waals surface area contributed by atoms with Gasteiger partial charge in [-0.05, 0) is 34.0 Å². The van der Waals surface area contributed by atoms with Gasteiger partial charge in [-0.3, -0.25) is 0 Å². The van der Waals surface area contributed by atoms with Crippen LogP contribution in [0, 0.1) is 11.7 Å². The van der Waals surface area contributed by atoms with Gasteiger partial charge >= 0.3 is 0 Å². The van der Waals surface area contributed by atoms with Crippen LogP contribution in [0.2, 0.25) is 0 Å². The molecule has 0 bridgehead atoms. The van der Waals surface area contributed by atoms with Crippen molar-refractivity contribution in [3.63, 3.8) is 0 Å². The topological polar surface area (TPSA) is 0 Å². The van der Waals surface area contributed by atoms with Crippen LogP contribution >= 0.6 is 34.8 Å². The Kier molecular flexibility index (Phi) is 4.31. The minimum atomic E-state index is -1.62. The van der Waals surface area contributed by atoms with Crippen molar-refractivity contribution < 1.29 is 4.39 Å². The molecule has 111 valence electrons. The molecule has 0 aliphatic rings. The van der Waals surface area contributed by atoms with Gasteiger partial charge in [0.15, 0.2) is 0 Å². The van der Waals surface area contributed by atoms with Crippen LogP contribution in [0.25, 0.3) is 10.8 Å². The standard InChI is InChI=1S/C18H11Cl3F/c19-18(20,21)17(13-8-10-14(22)11-9-13)16-7-3-5-12-4-1-2-6-15(12)16/h1-11H. The van der Waals surface area contributed by atoms with Gasteiger partial charge in [0.2, 0.25) is 3.79 Å². The first-order valence-corrected chi connectivity index (χ1v) is 7.78. The van der Waals surface area contributed by atoms with Crippen molar-refractivity contribution in [1.29, 1.82) is 0 Å². The smallest absolute Gasteiger partial charge is 0.205 e. The maximum Gasteiger partial charge on any atom is 0.205 e. The summed E-state index contributed by atoms with van der Waals surface area (Å²) < 4.78 is 11.6. The second kappa shape index (κ2) is 6.08. The highest BCUT2D eigenvalue weighted by molar-refractivity contribution is 6.69. The molecule has 0 spiro atoms. The Balaban J connectivity index is 2.23. The predicted octanol–water partition coefficient (Wildman–Crippen LogP) is 6.32. The Morgan fingerprint density at radius 2 is 1.41 bits per heavy atom. The number of halogens is 4. The van der Waals surface area contributed by atoms with Crippen molar-refractivity contribution in [2.24, 2.45) is 0 Å². The van der Waals surface area contributed by atoms with Crippen LogP contribution in [0.4, 0.5) is 4.39 Å². The maximum atomic E-state index is 13.2. The molecule has 3 aromatic carbocycles. The summed E-state index contributed by atoms with van der Waals surface area (Å²) in [7, 11) is 0. The predicted molar refractivity (Wildman–Crippen MR) is 92.1 cm³/mol. The fourth-order valence-electron chi connectivity index (χ4n) is 2.53. The third kappa shape index (κ3) is 3.08. The first-order chi connectivity index (χ1) is 10.5. The number of benzene rings is 3. The highest BCUT2D eigenvalue weighted by atomic mass is 35.6. The van der Waals surface area contributed by atoms with E-state index in [0.29, 0.717) is 11.5 Å². The Labute approximate surface area is 143 Å². The molecule has 0 N–H and O–H groups in total. The van der Waals surface area contributed by atoms with Gasteiger partial charge in [0.1, 0.15) is 5.82 Å². The SMILES string of the molecule is Fc1ccc([C](c2cccc3ccccc23)C(Cl)(Cl)Cl)cc1. The summed E-state index contributed by atoms with van der Waals surface area (Å²) in [4.78, 5) is 0. The molecule has 0 unspecified atom stereocenters. The average Bonchev–Trinajstić information content (AvgIpc) is 2.48. The quantitative estimate of drug-likeness (QED) is 0.473. The molecule has 0 aliphatic carbocycles. The van der Waals surface area contributed by atoms with Gasteiger partial charge in [-0.15, -0.1) is 0 Å². The third-order valence-electron chi connectivity index (χ3n) is 3.48. The normalized spacial score (nSPS) is 12.0. The lowest BCUT2D eigenvalue weighted by Gasteiger charge is -2.25. The lowest BCUT2D eigenvalue weighted by atomic mass is 9.89. The van der Waals surface area contributed by atoms with Gasteiger partial charge in [0.25, 0.3) is 0 Å². The van der Waals surface area contributed by atoms with Crippen LogP contribution in [0.15, 0.2) is 66.7 Å². The van der Waals surface area contributed by atoms with Crippen molar-refractivity contribution in [2.75, 3.05) is 0 Å². The second-order valence-electron chi connectivity index (χ2n) is 4.91. The van der Waals surface area contributed by atoms with Gasteiger partial charge in [0.05, 0.1) is 5.92 Å². The summed E-state index contributed by atoms with van der Waals surface area (Å²) in [5.74, 6) is 0.208. The lowest BCUT2D eigenvalue weighted by Crippen LogP contribution is -2.20. The van der Waals surface area contributed by atoms with E-state index in [1.807, 2.05) is 42.5 Å². The van der Waals surface area contributed by atoms with E-state index in [2.05, 4.69) is 0 Å². The fourth-order valence-corrected chi connectivity index (χ4v) is 3.16. The summed E-state index contributed by atoms with van der Waals surface area (Å²) in [6.07, 6.45) is 0. The molecule has 0 aliphatic heterocycles. The van der Waals surface area contributed by atoms with E-state index in [1.54, 1.807) is 12.1 Å². The van der Waals surface area contributed by atoms with Crippen LogP contribution in [0.3, 0.4) is 0 Å². The van der Waals surface area contributed by atoms with Crippen molar-refractivity contribution >= 4 is 45.6 Å². The molecule has 3 rings (SSSR count). The Morgan fingerprint density at radius 1 is 0.773 bits per heavy atom. The van der Waals surface area contributed by atoms with Crippen molar-refractivity contribution in [2.45, 2.75) is 3.79 Å². The third-order valence-corrected chi connectivity index (χ3v) is 4.04. The minimum Gasteiger partial charge on any atom is -0.207 e. The van der Waals surface area contributed by atoms with Crippen LogP contribution in [0.1, 0.15) is 11.1 Å². The lowest BCUT2D eigenvalue weighted by molar-refractivity contribution is 0.627. The summed E-state index contributed by atoms with van der Waals surface area (Å²) >= 11 is 18.6. The number of hydrogen-bond acceptors (Lipinski definition) is 0. The molecule has 0 nitrogen and oxygen atoms in total. The number of fused-ring (bicyclic) bond motifs is 1. The van der Waals surface area contributed by atoms with E-state index in [0.717, 1.165) is 16.3 Å².